The quantitative estimate of drug-likeness (QED) is 0.738. The van der Waals surface area contributed by atoms with Crippen LogP contribution in [-0.2, 0) is 6.42 Å². The van der Waals surface area contributed by atoms with E-state index in [1.807, 2.05) is 18.4 Å². The number of hydrogen-bond donors (Lipinski definition) is 1. The molecule has 0 bridgehead atoms. The summed E-state index contributed by atoms with van der Waals surface area (Å²) in [6.45, 7) is 3.49. The van der Waals surface area contributed by atoms with E-state index in [2.05, 4.69) is 23.7 Å². The molecule has 2 rings (SSSR count). The third kappa shape index (κ3) is 1.19. The Morgan fingerprint density at radius 3 is 3.25 bits per heavy atom. The predicted molar refractivity (Wildman–Crippen MR) is 53.9 cm³/mol. The average molecular weight is 181 g/mol. The highest BCUT2D eigenvalue weighted by Gasteiger charge is 2.29. The van der Waals surface area contributed by atoms with Gasteiger partial charge in [0.15, 0.2) is 0 Å². The molecule has 12 heavy (non-hydrogen) atoms. The minimum absolute atomic E-state index is 0.769. The molecule has 2 atom stereocenters. The Bertz CT molecular complexity index is 267. The van der Waals surface area contributed by atoms with Crippen molar-refractivity contribution in [3.05, 3.63) is 21.9 Å². The summed E-state index contributed by atoms with van der Waals surface area (Å²) in [4.78, 5) is 1.62. The van der Waals surface area contributed by atoms with Gasteiger partial charge in [-0.1, -0.05) is 6.92 Å². The molecule has 66 valence electrons. The van der Waals surface area contributed by atoms with Gasteiger partial charge >= 0.3 is 0 Å². The SMILES string of the molecule is CNCC1c2sccc2CC1C. The van der Waals surface area contributed by atoms with E-state index in [1.165, 1.54) is 6.42 Å². The highest BCUT2D eigenvalue weighted by molar-refractivity contribution is 7.10. The summed E-state index contributed by atoms with van der Waals surface area (Å²) < 4.78 is 0. The molecule has 0 aliphatic heterocycles. The van der Waals surface area contributed by atoms with Gasteiger partial charge in [0.05, 0.1) is 0 Å². The van der Waals surface area contributed by atoms with E-state index < -0.39 is 0 Å². The zero-order valence-electron chi connectivity index (χ0n) is 7.63. The number of thiophene rings is 1. The van der Waals surface area contributed by atoms with Crippen LogP contribution in [0.15, 0.2) is 11.4 Å². The van der Waals surface area contributed by atoms with Crippen molar-refractivity contribution in [3.63, 3.8) is 0 Å². The lowest BCUT2D eigenvalue weighted by Gasteiger charge is -2.14. The Hall–Kier alpha value is -0.340. The first kappa shape index (κ1) is 8.27. The number of rotatable bonds is 2. The fourth-order valence-corrected chi connectivity index (χ4v) is 3.27. The maximum atomic E-state index is 3.28. The van der Waals surface area contributed by atoms with Gasteiger partial charge in [-0.15, -0.1) is 11.3 Å². The van der Waals surface area contributed by atoms with Crippen molar-refractivity contribution in [2.75, 3.05) is 13.6 Å². The molecule has 1 aromatic rings. The predicted octanol–water partition coefficient (Wildman–Crippen LogP) is 2.24. The molecule has 1 aliphatic rings. The first-order valence-corrected chi connectivity index (χ1v) is 5.41. The monoisotopic (exact) mass is 181 g/mol. The molecule has 1 aliphatic carbocycles. The standard InChI is InChI=1S/C10H15NS/c1-7-5-8-3-4-12-10(8)9(7)6-11-2/h3-4,7,9,11H,5-6H2,1-2H3. The van der Waals surface area contributed by atoms with Gasteiger partial charge in [0.25, 0.3) is 0 Å². The molecular formula is C10H15NS. The van der Waals surface area contributed by atoms with Crippen LogP contribution in [-0.4, -0.2) is 13.6 Å². The van der Waals surface area contributed by atoms with Crippen LogP contribution in [0.3, 0.4) is 0 Å². The van der Waals surface area contributed by atoms with Crippen molar-refractivity contribution in [2.45, 2.75) is 19.3 Å². The Balaban J connectivity index is 2.23. The van der Waals surface area contributed by atoms with E-state index >= 15 is 0 Å². The number of hydrogen-bond acceptors (Lipinski definition) is 2. The van der Waals surface area contributed by atoms with Crippen molar-refractivity contribution in [1.82, 2.24) is 5.32 Å². The lowest BCUT2D eigenvalue weighted by atomic mass is 9.98. The molecule has 0 saturated heterocycles. The summed E-state index contributed by atoms with van der Waals surface area (Å²) in [6.07, 6.45) is 1.28. The minimum Gasteiger partial charge on any atom is -0.319 e. The molecule has 0 aromatic carbocycles. The van der Waals surface area contributed by atoms with Crippen LogP contribution in [0.4, 0.5) is 0 Å². The normalized spacial score (nSPS) is 27.5. The van der Waals surface area contributed by atoms with E-state index in [0.29, 0.717) is 0 Å². The van der Waals surface area contributed by atoms with Crippen LogP contribution >= 0.6 is 11.3 Å². The summed E-state index contributed by atoms with van der Waals surface area (Å²) >= 11 is 1.92. The second-order valence-electron chi connectivity index (χ2n) is 3.66. The summed E-state index contributed by atoms with van der Waals surface area (Å²) in [5.41, 5.74) is 1.59. The summed E-state index contributed by atoms with van der Waals surface area (Å²) in [5.74, 6) is 1.60. The Morgan fingerprint density at radius 2 is 2.50 bits per heavy atom. The fourth-order valence-electron chi connectivity index (χ4n) is 2.10. The summed E-state index contributed by atoms with van der Waals surface area (Å²) in [6, 6.07) is 2.28. The molecule has 1 heterocycles. The van der Waals surface area contributed by atoms with Gasteiger partial charge in [0.2, 0.25) is 0 Å². The van der Waals surface area contributed by atoms with E-state index in [0.717, 1.165) is 18.4 Å². The molecule has 0 radical (unpaired) electrons. The van der Waals surface area contributed by atoms with Gasteiger partial charge in [0, 0.05) is 17.3 Å². The minimum atomic E-state index is 0.769. The van der Waals surface area contributed by atoms with Crippen molar-refractivity contribution in [3.8, 4) is 0 Å². The number of likely N-dealkylation sites (N-methyl/N-ethyl adjacent to an activating group) is 1. The molecule has 0 saturated carbocycles. The number of nitrogens with one attached hydrogen (secondary N) is 1. The van der Waals surface area contributed by atoms with E-state index in [4.69, 9.17) is 0 Å². The molecule has 0 spiro atoms. The Morgan fingerprint density at radius 1 is 1.67 bits per heavy atom. The molecule has 2 heteroatoms. The third-order valence-corrected chi connectivity index (χ3v) is 3.86. The smallest absolute Gasteiger partial charge is 0.0124 e. The lowest BCUT2D eigenvalue weighted by Crippen LogP contribution is -2.19. The topological polar surface area (TPSA) is 12.0 Å². The molecule has 1 nitrogen and oxygen atoms in total. The molecule has 0 fully saturated rings. The van der Waals surface area contributed by atoms with Gasteiger partial charge in [-0.3, -0.25) is 0 Å². The second-order valence-corrected chi connectivity index (χ2v) is 4.60. The molecule has 0 amide bonds. The summed E-state index contributed by atoms with van der Waals surface area (Å²) in [5, 5.41) is 5.50. The first-order valence-electron chi connectivity index (χ1n) is 4.53. The van der Waals surface area contributed by atoms with Gasteiger partial charge < -0.3 is 5.32 Å². The van der Waals surface area contributed by atoms with Gasteiger partial charge in [-0.25, -0.2) is 0 Å². The largest absolute Gasteiger partial charge is 0.319 e. The van der Waals surface area contributed by atoms with Gasteiger partial charge in [-0.2, -0.15) is 0 Å². The lowest BCUT2D eigenvalue weighted by molar-refractivity contribution is 0.483. The second kappa shape index (κ2) is 3.19. The Kier molecular flexibility index (Phi) is 2.20. The maximum Gasteiger partial charge on any atom is 0.0124 e. The highest BCUT2D eigenvalue weighted by atomic mass is 32.1. The zero-order valence-corrected chi connectivity index (χ0v) is 8.45. The zero-order chi connectivity index (χ0) is 8.55. The Labute approximate surface area is 77.8 Å². The average Bonchev–Trinajstić information content (AvgIpc) is 2.56. The van der Waals surface area contributed by atoms with Crippen LogP contribution in [0.5, 0.6) is 0 Å². The van der Waals surface area contributed by atoms with Crippen molar-refractivity contribution in [2.24, 2.45) is 5.92 Å². The van der Waals surface area contributed by atoms with Crippen LogP contribution in [0.2, 0.25) is 0 Å². The molecule has 1 aromatic heterocycles. The summed E-state index contributed by atoms with van der Waals surface area (Å²) in [7, 11) is 2.04. The van der Waals surface area contributed by atoms with Crippen LogP contribution in [0.1, 0.15) is 23.3 Å². The maximum absolute atomic E-state index is 3.28. The van der Waals surface area contributed by atoms with Crippen molar-refractivity contribution < 1.29 is 0 Å². The third-order valence-electron chi connectivity index (χ3n) is 2.77. The number of fused-ring (bicyclic) bond motifs is 1. The van der Waals surface area contributed by atoms with Crippen molar-refractivity contribution in [1.29, 1.82) is 0 Å². The fraction of sp³-hybridized carbons (Fsp3) is 0.600. The molecule has 2 unspecified atom stereocenters. The highest BCUT2D eigenvalue weighted by Crippen LogP contribution is 2.40. The van der Waals surface area contributed by atoms with Crippen molar-refractivity contribution >= 4 is 11.3 Å². The first-order chi connectivity index (χ1) is 5.83. The van der Waals surface area contributed by atoms with Gasteiger partial charge in [-0.05, 0) is 36.4 Å². The van der Waals surface area contributed by atoms with Gasteiger partial charge in [0.1, 0.15) is 0 Å². The van der Waals surface area contributed by atoms with Crippen LogP contribution in [0.25, 0.3) is 0 Å². The van der Waals surface area contributed by atoms with E-state index in [1.54, 1.807) is 10.4 Å². The molecular weight excluding hydrogens is 166 g/mol. The van der Waals surface area contributed by atoms with E-state index in [-0.39, 0.29) is 0 Å². The van der Waals surface area contributed by atoms with Crippen LogP contribution in [0, 0.1) is 5.92 Å². The van der Waals surface area contributed by atoms with E-state index in [9.17, 15) is 0 Å². The molecule has 1 N–H and O–H groups in total. The van der Waals surface area contributed by atoms with Crippen LogP contribution < -0.4 is 5.32 Å².